The monoisotopic (exact) mass is 844 g/mol. The van der Waals surface area contributed by atoms with Gasteiger partial charge in [-0.1, -0.05) is 58.0 Å². The largest absolute Gasteiger partial charge is 0.461 e. The molecule has 4 amide bonds. The van der Waals surface area contributed by atoms with Gasteiger partial charge in [-0.15, -0.1) is 0 Å². The molecular formula is C47H56N8O7. The quantitative estimate of drug-likeness (QED) is 0.104. The number of alkyl carbamates (subject to hydrolysis) is 2. The van der Waals surface area contributed by atoms with Gasteiger partial charge in [0.2, 0.25) is 11.8 Å². The number of ether oxygens (including phenoxy) is 2. The highest BCUT2D eigenvalue weighted by Gasteiger charge is 2.58. The van der Waals surface area contributed by atoms with Gasteiger partial charge in [0.1, 0.15) is 46.2 Å². The normalized spacial score (nSPS) is 23.7. The maximum Gasteiger partial charge on any atom is 0.407 e. The molecule has 4 fully saturated rings. The van der Waals surface area contributed by atoms with Crippen molar-refractivity contribution in [1.82, 2.24) is 40.4 Å². The maximum atomic E-state index is 14.1. The predicted molar refractivity (Wildman–Crippen MR) is 231 cm³/mol. The van der Waals surface area contributed by atoms with Gasteiger partial charge in [-0.05, 0) is 97.9 Å². The van der Waals surface area contributed by atoms with Gasteiger partial charge in [0.15, 0.2) is 0 Å². The molecule has 2 saturated heterocycles. The van der Waals surface area contributed by atoms with Crippen LogP contribution < -0.4 is 10.6 Å². The Morgan fingerprint density at radius 1 is 0.726 bits per heavy atom. The summed E-state index contributed by atoms with van der Waals surface area (Å²) in [6.45, 7) is 10.9. The molecule has 2 aromatic carbocycles. The Labute approximate surface area is 360 Å². The number of furan rings is 1. The third-order valence-electron chi connectivity index (χ3n) is 14.1. The highest BCUT2D eigenvalue weighted by atomic mass is 16.5. The van der Waals surface area contributed by atoms with Crippen molar-refractivity contribution in [2.75, 3.05) is 27.3 Å². The number of fused-ring (bicyclic) bond motifs is 5. The Hall–Kier alpha value is -6.12. The number of benzene rings is 2. The van der Waals surface area contributed by atoms with E-state index in [1.807, 2.05) is 56.8 Å². The van der Waals surface area contributed by atoms with Crippen LogP contribution in [0.1, 0.15) is 83.6 Å². The summed E-state index contributed by atoms with van der Waals surface area (Å²) < 4.78 is 16.1. The molecule has 4 N–H and O–H groups in total. The van der Waals surface area contributed by atoms with E-state index < -0.39 is 35.3 Å². The summed E-state index contributed by atoms with van der Waals surface area (Å²) >= 11 is 0. The number of hydrogen-bond acceptors (Lipinski definition) is 9. The highest BCUT2D eigenvalue weighted by Crippen LogP contribution is 2.54. The van der Waals surface area contributed by atoms with Crippen molar-refractivity contribution in [1.29, 1.82) is 0 Å². The molecule has 4 bridgehead atoms. The first-order valence-electron chi connectivity index (χ1n) is 21.8. The number of carbonyl (C=O) groups is 4. The van der Waals surface area contributed by atoms with Gasteiger partial charge >= 0.3 is 12.2 Å². The number of amides is 4. The SMILES string of the molecule is COC(=O)NC(C(=O)N1CC2CCC1(c1ncc(-c3ccc(-c4ccc(-c5cnc(C67CCC(CN6C(=O)C(NC(=O)OC)C(C)C)C7)[nH]5)c5oc(C)cc45)cc3)[nH]1)C2)C(C)C. The number of nitrogens with one attached hydrogen (secondary N) is 4. The first kappa shape index (κ1) is 41.2. The lowest BCUT2D eigenvalue weighted by atomic mass is 9.93. The van der Waals surface area contributed by atoms with E-state index in [0.29, 0.717) is 24.9 Å². The molecule has 6 unspecified atom stereocenters. The average Bonchev–Trinajstić information content (AvgIpc) is 4.13. The molecule has 2 saturated carbocycles. The van der Waals surface area contributed by atoms with Gasteiger partial charge in [0.05, 0.1) is 38.0 Å². The number of likely N-dealkylation sites (tertiary alicyclic amines) is 2. The summed E-state index contributed by atoms with van der Waals surface area (Å²) in [5.41, 5.74) is 5.15. The van der Waals surface area contributed by atoms with Gasteiger partial charge in [-0.3, -0.25) is 9.59 Å². The Morgan fingerprint density at radius 2 is 1.21 bits per heavy atom. The maximum absolute atomic E-state index is 14.1. The third-order valence-corrected chi connectivity index (χ3v) is 14.1. The lowest BCUT2D eigenvalue weighted by Gasteiger charge is -2.40. The first-order valence-corrected chi connectivity index (χ1v) is 21.8. The van der Waals surface area contributed by atoms with Gasteiger partial charge in [-0.25, -0.2) is 19.6 Å². The summed E-state index contributed by atoms with van der Waals surface area (Å²) in [4.78, 5) is 73.3. The molecule has 5 aromatic rings. The Morgan fingerprint density at radius 3 is 1.71 bits per heavy atom. The number of aryl methyl sites for hydroxylation is 1. The second kappa shape index (κ2) is 15.7. The molecule has 2 aliphatic carbocycles. The van der Waals surface area contributed by atoms with Crippen LogP contribution in [0.3, 0.4) is 0 Å². The number of piperidine rings is 2. The topological polar surface area (TPSA) is 188 Å². The number of aromatic amines is 2. The number of imidazole rings is 2. The number of nitrogens with zero attached hydrogens (tertiary/aromatic N) is 4. The Bertz CT molecular complexity index is 2540. The molecule has 6 atom stereocenters. The van der Waals surface area contributed by atoms with Crippen LogP contribution in [0, 0.1) is 30.6 Å². The van der Waals surface area contributed by atoms with Crippen molar-refractivity contribution < 1.29 is 33.1 Å². The summed E-state index contributed by atoms with van der Waals surface area (Å²) in [5, 5.41) is 6.49. The fourth-order valence-electron chi connectivity index (χ4n) is 10.9. The fraction of sp³-hybridized carbons (Fsp3) is 0.489. The van der Waals surface area contributed by atoms with E-state index in [4.69, 9.17) is 23.9 Å². The second-order valence-corrected chi connectivity index (χ2v) is 18.5. The van der Waals surface area contributed by atoms with E-state index in [2.05, 4.69) is 63.1 Å². The van der Waals surface area contributed by atoms with E-state index in [-0.39, 0.29) is 23.7 Å². The van der Waals surface area contributed by atoms with Gasteiger partial charge in [-0.2, -0.15) is 0 Å². The van der Waals surface area contributed by atoms with Crippen LogP contribution in [-0.4, -0.2) is 93.1 Å². The summed E-state index contributed by atoms with van der Waals surface area (Å²) in [5.74, 6) is 2.57. The minimum atomic E-state index is -0.714. The number of rotatable bonds is 11. The van der Waals surface area contributed by atoms with E-state index in [9.17, 15) is 19.2 Å². The number of aromatic nitrogens is 4. The summed E-state index contributed by atoms with van der Waals surface area (Å²) in [6.07, 6.45) is 7.70. The number of hydrogen-bond donors (Lipinski definition) is 4. The molecular weight excluding hydrogens is 789 g/mol. The molecule has 9 rings (SSSR count). The molecule has 15 heteroatoms. The van der Waals surface area contributed by atoms with Gasteiger partial charge in [0.25, 0.3) is 0 Å². The molecule has 4 aliphatic rings. The zero-order valence-electron chi connectivity index (χ0n) is 36.5. The molecule has 2 aliphatic heterocycles. The molecule has 326 valence electrons. The van der Waals surface area contributed by atoms with E-state index in [1.54, 1.807) is 0 Å². The lowest BCUT2D eigenvalue weighted by Crippen LogP contribution is -2.56. The van der Waals surface area contributed by atoms with Crippen LogP contribution in [-0.2, 0) is 30.1 Å². The predicted octanol–water partition coefficient (Wildman–Crippen LogP) is 7.62. The molecule has 0 radical (unpaired) electrons. The van der Waals surface area contributed by atoms with Crippen molar-refractivity contribution in [3.63, 3.8) is 0 Å². The molecule has 62 heavy (non-hydrogen) atoms. The molecule has 3 aromatic heterocycles. The van der Waals surface area contributed by atoms with Crippen molar-refractivity contribution in [3.8, 4) is 33.6 Å². The first-order chi connectivity index (χ1) is 29.7. The minimum absolute atomic E-state index is 0.111. The molecule has 0 spiro atoms. The molecule has 5 heterocycles. The third kappa shape index (κ3) is 6.80. The standard InChI is InChI=1S/C47H56N8O7/c1-25(2)37(52-44(58)60-6)40(56)54-23-28-14-16-46(54,19-28)42-48-21-35(50-42)31-10-8-30(9-11-31)32-12-13-33(39-34(32)18-27(5)62-39)36-22-49-43(51-36)47-17-15-29(20-47)24-55(47)41(57)38(26(3)4)53-45(59)61-7/h8-13,18,21-22,25-26,28-29,37-38H,14-17,19-20,23-24H2,1-7H3,(H,48,50)(H,49,51)(H,52,58)(H,53,59). The smallest absolute Gasteiger partial charge is 0.407 e. The van der Waals surface area contributed by atoms with Crippen LogP contribution in [0.25, 0.3) is 44.6 Å². The number of H-pyrrole nitrogens is 2. The Kier molecular flexibility index (Phi) is 10.4. The van der Waals surface area contributed by atoms with Gasteiger partial charge in [0, 0.05) is 24.0 Å². The van der Waals surface area contributed by atoms with Crippen molar-refractivity contribution in [2.24, 2.45) is 23.7 Å². The van der Waals surface area contributed by atoms with Crippen LogP contribution in [0.15, 0.2) is 59.3 Å². The van der Waals surface area contributed by atoms with Crippen LogP contribution in [0.2, 0.25) is 0 Å². The summed E-state index contributed by atoms with van der Waals surface area (Å²) in [7, 11) is 2.61. The average molecular weight is 845 g/mol. The van der Waals surface area contributed by atoms with E-state index >= 15 is 0 Å². The number of methoxy groups -OCH3 is 2. The van der Waals surface area contributed by atoms with Crippen LogP contribution in [0.4, 0.5) is 9.59 Å². The van der Waals surface area contributed by atoms with Crippen LogP contribution in [0.5, 0.6) is 0 Å². The number of carbonyl (C=O) groups excluding carboxylic acids is 4. The zero-order valence-corrected chi connectivity index (χ0v) is 36.5. The Balaban J connectivity index is 0.965. The lowest BCUT2D eigenvalue weighted by molar-refractivity contribution is -0.141. The van der Waals surface area contributed by atoms with Crippen molar-refractivity contribution in [2.45, 2.75) is 96.3 Å². The van der Waals surface area contributed by atoms with Crippen molar-refractivity contribution >= 4 is 35.0 Å². The summed E-state index contributed by atoms with van der Waals surface area (Å²) in [6, 6.07) is 13.2. The van der Waals surface area contributed by atoms with Crippen LogP contribution >= 0.6 is 0 Å². The molecule has 15 nitrogen and oxygen atoms in total. The highest BCUT2D eigenvalue weighted by molar-refractivity contribution is 6.02. The van der Waals surface area contributed by atoms with E-state index in [1.165, 1.54) is 14.2 Å². The minimum Gasteiger partial charge on any atom is -0.461 e. The van der Waals surface area contributed by atoms with Gasteiger partial charge < -0.3 is 44.3 Å². The van der Waals surface area contributed by atoms with E-state index in [0.717, 1.165) is 101 Å². The fourth-order valence-corrected chi connectivity index (χ4v) is 10.9. The zero-order chi connectivity index (χ0) is 43.7. The second-order valence-electron chi connectivity index (χ2n) is 18.5. The van der Waals surface area contributed by atoms with Crippen molar-refractivity contribution in [3.05, 3.63) is 72.3 Å².